The summed E-state index contributed by atoms with van der Waals surface area (Å²) in [7, 11) is 0. The van der Waals surface area contributed by atoms with Gasteiger partial charge in [0.25, 0.3) is 0 Å². The Morgan fingerprint density at radius 1 is 0.593 bits per heavy atom. The fraction of sp³-hybridized carbons (Fsp3) is 0.711. The number of aliphatic carboxylic acids is 4. The molecule has 1 aliphatic heterocycles. The third kappa shape index (κ3) is 27.0. The Morgan fingerprint density at radius 3 is 1.46 bits per heavy atom. The second kappa shape index (κ2) is 32.2. The SMILES string of the molecule is CCOCCOCCOCCOCCOCCOCCNC(=S)Nc1ccc(CC2CN(CC(=O)O)CCN(CC(=O)O)CCN(CC(=O)O)CCN2CC(=O)O)cc1. The highest BCUT2D eigenvalue weighted by Gasteiger charge is 2.27. The maximum absolute atomic E-state index is 12.0. The number of thiocarbonyl (C=S) groups is 1. The quantitative estimate of drug-likeness (QED) is 0.0425. The number of carboxylic acid groups (broad SMARTS) is 4. The molecule has 1 fully saturated rings. The van der Waals surface area contributed by atoms with Gasteiger partial charge in [-0.2, -0.15) is 0 Å². The molecule has 0 radical (unpaired) electrons. The van der Waals surface area contributed by atoms with Crippen molar-refractivity contribution >= 4 is 46.9 Å². The number of nitrogens with zero attached hydrogens (tertiary/aromatic N) is 4. The highest BCUT2D eigenvalue weighted by molar-refractivity contribution is 7.80. The van der Waals surface area contributed by atoms with Crippen LogP contribution in [0.5, 0.6) is 0 Å². The first-order valence-electron chi connectivity index (χ1n) is 19.8. The largest absolute Gasteiger partial charge is 0.480 e. The van der Waals surface area contributed by atoms with Crippen molar-refractivity contribution in [3.63, 3.8) is 0 Å². The molecular weight excluding hydrogens is 797 g/mol. The van der Waals surface area contributed by atoms with Gasteiger partial charge in [-0.3, -0.25) is 38.8 Å². The van der Waals surface area contributed by atoms with Crippen molar-refractivity contribution in [1.82, 2.24) is 24.9 Å². The minimum absolute atomic E-state index is 0.180. The third-order valence-corrected chi connectivity index (χ3v) is 9.09. The van der Waals surface area contributed by atoms with E-state index in [1.165, 1.54) is 0 Å². The molecule has 1 saturated heterocycles. The molecule has 21 heteroatoms. The number of carboxylic acids is 4. The highest BCUT2D eigenvalue weighted by atomic mass is 32.1. The molecule has 1 heterocycles. The first kappa shape index (κ1) is 51.5. The fourth-order valence-electron chi connectivity index (χ4n) is 6.01. The standard InChI is InChI=1S/C38H64N6O14S/c1-2-53-15-16-55-19-20-57-23-24-58-22-21-56-18-17-54-14-7-39-38(59)40-32-5-3-31(4-6-32)25-33-26-43(29-36(49)50)11-10-41(27-34(45)46)8-9-42(28-35(47)48)12-13-44(33)30-37(51)52/h3-6,33H,2,7-30H2,1H3,(H,45,46)(H,47,48)(H,49,50)(H,51,52)(H2,39,40,59). The Morgan fingerprint density at radius 2 is 1.00 bits per heavy atom. The first-order valence-corrected chi connectivity index (χ1v) is 20.2. The van der Waals surface area contributed by atoms with Gasteiger partial charge in [0, 0.05) is 70.7 Å². The van der Waals surface area contributed by atoms with Crippen LogP contribution in [0.3, 0.4) is 0 Å². The molecule has 1 unspecified atom stereocenters. The molecule has 1 aromatic carbocycles. The lowest BCUT2D eigenvalue weighted by atomic mass is 10.0. The molecule has 1 aliphatic rings. The van der Waals surface area contributed by atoms with E-state index in [4.69, 9.17) is 40.6 Å². The summed E-state index contributed by atoms with van der Waals surface area (Å²) >= 11 is 5.43. The van der Waals surface area contributed by atoms with Gasteiger partial charge in [0.05, 0.1) is 98.9 Å². The van der Waals surface area contributed by atoms with E-state index in [0.29, 0.717) is 103 Å². The molecule has 2 rings (SSSR count). The van der Waals surface area contributed by atoms with Crippen molar-refractivity contribution in [2.24, 2.45) is 0 Å². The zero-order valence-corrected chi connectivity index (χ0v) is 34.9. The molecule has 336 valence electrons. The lowest BCUT2D eigenvalue weighted by Crippen LogP contribution is -2.53. The smallest absolute Gasteiger partial charge is 0.317 e. The summed E-state index contributed by atoms with van der Waals surface area (Å²) in [5.41, 5.74) is 1.57. The van der Waals surface area contributed by atoms with Crippen LogP contribution in [0.4, 0.5) is 5.69 Å². The van der Waals surface area contributed by atoms with Crippen molar-refractivity contribution in [1.29, 1.82) is 0 Å². The number of hydrogen-bond acceptors (Lipinski definition) is 15. The number of nitrogens with one attached hydrogen (secondary N) is 2. The molecule has 0 amide bonds. The molecule has 1 aromatic rings. The number of rotatable bonds is 30. The van der Waals surface area contributed by atoms with E-state index in [0.717, 1.165) is 5.56 Å². The minimum atomic E-state index is -1.07. The predicted octanol–water partition coefficient (Wildman–Crippen LogP) is -0.436. The van der Waals surface area contributed by atoms with Crippen LogP contribution in [-0.4, -0.2) is 233 Å². The van der Waals surface area contributed by atoms with Crippen molar-refractivity contribution in [3.8, 4) is 0 Å². The van der Waals surface area contributed by atoms with Gasteiger partial charge in [-0.25, -0.2) is 0 Å². The first-order chi connectivity index (χ1) is 28.4. The van der Waals surface area contributed by atoms with E-state index in [9.17, 15) is 39.6 Å². The number of hydrogen-bond donors (Lipinski definition) is 6. The predicted molar refractivity (Wildman–Crippen MR) is 220 cm³/mol. The molecule has 0 bridgehead atoms. The topological polar surface area (TPSA) is 242 Å². The summed E-state index contributed by atoms with van der Waals surface area (Å²) in [5, 5.41) is 45.1. The lowest BCUT2D eigenvalue weighted by Gasteiger charge is -2.37. The van der Waals surface area contributed by atoms with Gasteiger partial charge < -0.3 is 59.5 Å². The molecule has 0 saturated carbocycles. The summed E-state index contributed by atoms with van der Waals surface area (Å²) in [5.74, 6) is -4.26. The molecule has 20 nitrogen and oxygen atoms in total. The Labute approximate surface area is 351 Å². The van der Waals surface area contributed by atoms with Crippen LogP contribution in [-0.2, 0) is 54.0 Å². The summed E-state index contributed by atoms with van der Waals surface area (Å²) in [6.07, 6.45) is 0.361. The van der Waals surface area contributed by atoms with Crippen LogP contribution < -0.4 is 10.6 Å². The van der Waals surface area contributed by atoms with Crippen LogP contribution in [0.1, 0.15) is 12.5 Å². The summed E-state index contributed by atoms with van der Waals surface area (Å²) < 4.78 is 32.6. The minimum Gasteiger partial charge on any atom is -0.480 e. The van der Waals surface area contributed by atoms with Crippen molar-refractivity contribution < 1.29 is 68.0 Å². The van der Waals surface area contributed by atoms with Crippen LogP contribution >= 0.6 is 12.2 Å². The number of carbonyl (C=O) groups is 4. The summed E-state index contributed by atoms with van der Waals surface area (Å²) in [6.45, 7) is 8.62. The van der Waals surface area contributed by atoms with E-state index in [-0.39, 0.29) is 72.0 Å². The second-order valence-electron chi connectivity index (χ2n) is 13.5. The Bertz CT molecular complexity index is 1350. The van der Waals surface area contributed by atoms with Crippen molar-refractivity contribution in [3.05, 3.63) is 29.8 Å². The van der Waals surface area contributed by atoms with Crippen molar-refractivity contribution in [2.75, 3.05) is 163 Å². The fourth-order valence-corrected chi connectivity index (χ4v) is 6.23. The van der Waals surface area contributed by atoms with Gasteiger partial charge in [0.15, 0.2) is 5.11 Å². The summed E-state index contributed by atoms with van der Waals surface area (Å²) in [4.78, 5) is 53.8. The average Bonchev–Trinajstić information content (AvgIpc) is 3.17. The monoisotopic (exact) mass is 860 g/mol. The Balaban J connectivity index is 1.82. The van der Waals surface area contributed by atoms with Crippen LogP contribution in [0.2, 0.25) is 0 Å². The summed E-state index contributed by atoms with van der Waals surface area (Å²) in [6, 6.07) is 6.94. The Hall–Kier alpha value is -3.61. The maximum Gasteiger partial charge on any atom is 0.317 e. The lowest BCUT2D eigenvalue weighted by molar-refractivity contribution is -0.142. The van der Waals surface area contributed by atoms with E-state index >= 15 is 0 Å². The normalized spacial score (nSPS) is 16.5. The highest BCUT2D eigenvalue weighted by Crippen LogP contribution is 2.16. The van der Waals surface area contributed by atoms with E-state index in [1.807, 2.05) is 31.2 Å². The molecule has 59 heavy (non-hydrogen) atoms. The van der Waals surface area contributed by atoms with Crippen LogP contribution in [0.25, 0.3) is 0 Å². The Kier molecular flexibility index (Phi) is 28.1. The van der Waals surface area contributed by atoms with Gasteiger partial charge in [0.2, 0.25) is 0 Å². The zero-order valence-electron chi connectivity index (χ0n) is 34.1. The van der Waals surface area contributed by atoms with Gasteiger partial charge in [-0.15, -0.1) is 0 Å². The van der Waals surface area contributed by atoms with Gasteiger partial charge >= 0.3 is 23.9 Å². The molecule has 0 spiro atoms. The molecule has 0 aliphatic carbocycles. The van der Waals surface area contributed by atoms with Gasteiger partial charge in [0.1, 0.15) is 0 Å². The van der Waals surface area contributed by atoms with E-state index in [1.54, 1.807) is 19.6 Å². The van der Waals surface area contributed by atoms with E-state index < -0.39 is 29.9 Å². The molecule has 6 N–H and O–H groups in total. The number of benzene rings is 1. The zero-order chi connectivity index (χ0) is 43.1. The van der Waals surface area contributed by atoms with Gasteiger partial charge in [-0.05, 0) is 43.3 Å². The van der Waals surface area contributed by atoms with Crippen LogP contribution in [0, 0.1) is 0 Å². The van der Waals surface area contributed by atoms with Gasteiger partial charge in [-0.1, -0.05) is 12.1 Å². The molecule has 1 atom stereocenters. The number of anilines is 1. The van der Waals surface area contributed by atoms with Crippen LogP contribution in [0.15, 0.2) is 24.3 Å². The molecular formula is C38H64N6O14S. The van der Waals surface area contributed by atoms with Crippen molar-refractivity contribution in [2.45, 2.75) is 19.4 Å². The average molecular weight is 861 g/mol. The maximum atomic E-state index is 12.0. The third-order valence-electron chi connectivity index (χ3n) is 8.85. The number of ether oxygens (including phenoxy) is 6. The second-order valence-corrected chi connectivity index (χ2v) is 13.9. The molecule has 0 aromatic heterocycles. The van der Waals surface area contributed by atoms with E-state index in [2.05, 4.69) is 10.6 Å².